The molecule has 0 saturated heterocycles. The highest BCUT2D eigenvalue weighted by Crippen LogP contribution is 2.33. The smallest absolute Gasteiger partial charge is 0.433 e. The topological polar surface area (TPSA) is 85.6 Å². The van der Waals surface area contributed by atoms with Crippen molar-refractivity contribution in [2.75, 3.05) is 19.0 Å². The Morgan fingerprint density at radius 3 is 2.65 bits per heavy atom. The van der Waals surface area contributed by atoms with Crippen LogP contribution in [-0.4, -0.2) is 42.4 Å². The summed E-state index contributed by atoms with van der Waals surface area (Å²) in [5.41, 5.74) is -0.832. The van der Waals surface area contributed by atoms with Crippen LogP contribution >= 0.6 is 23.4 Å². The molecule has 31 heavy (non-hydrogen) atoms. The molecular formula is C19H20ClF3N4O3S. The maximum absolute atomic E-state index is 13.1. The third kappa shape index (κ3) is 8.46. The monoisotopic (exact) mass is 476 g/mol. The molecule has 0 saturated carbocycles. The Morgan fingerprint density at radius 2 is 2.16 bits per heavy atom. The van der Waals surface area contributed by atoms with Crippen molar-refractivity contribution in [3.8, 4) is 0 Å². The van der Waals surface area contributed by atoms with Gasteiger partial charge >= 0.3 is 12.1 Å². The number of benzene rings is 1. The maximum atomic E-state index is 13.1. The van der Waals surface area contributed by atoms with Gasteiger partial charge in [0.15, 0.2) is 12.0 Å². The van der Waals surface area contributed by atoms with E-state index in [1.807, 2.05) is 31.3 Å². The average molecular weight is 477 g/mol. The molecule has 0 fully saturated rings. The minimum absolute atomic E-state index is 0.0173. The van der Waals surface area contributed by atoms with Crippen molar-refractivity contribution in [3.63, 3.8) is 0 Å². The van der Waals surface area contributed by atoms with Crippen LogP contribution in [0, 0.1) is 0 Å². The van der Waals surface area contributed by atoms with Crippen LogP contribution in [-0.2, 0) is 21.6 Å². The molecule has 2 aromatic rings. The lowest BCUT2D eigenvalue weighted by molar-refractivity contribution is -0.144. The predicted molar refractivity (Wildman–Crippen MR) is 115 cm³/mol. The normalized spacial score (nSPS) is 11.2. The average Bonchev–Trinajstić information content (AvgIpc) is 3.16. The number of hydrogen-bond acceptors (Lipinski definition) is 7. The van der Waals surface area contributed by atoms with Gasteiger partial charge in [0.05, 0.1) is 18.7 Å². The molecule has 0 aliphatic carbocycles. The lowest BCUT2D eigenvalue weighted by Gasteiger charge is -2.11. The summed E-state index contributed by atoms with van der Waals surface area (Å²) in [6, 6.07) is 7.60. The van der Waals surface area contributed by atoms with Crippen molar-refractivity contribution in [1.29, 1.82) is 0 Å². The molecule has 1 N–H and O–H groups in total. The van der Waals surface area contributed by atoms with Gasteiger partial charge in [-0.3, -0.25) is 9.79 Å². The molecule has 1 aromatic carbocycles. The number of aldehydes is 1. The van der Waals surface area contributed by atoms with E-state index in [2.05, 4.69) is 26.9 Å². The molecule has 7 nitrogen and oxygen atoms in total. The number of aliphatic imine (C=N–C) groups is 1. The number of anilines is 1. The number of carbonyl (C=O) groups is 2. The lowest BCUT2D eigenvalue weighted by Crippen LogP contribution is -2.18. The summed E-state index contributed by atoms with van der Waals surface area (Å²) in [4.78, 5) is 25.4. The minimum atomic E-state index is -4.77. The van der Waals surface area contributed by atoms with Gasteiger partial charge in [-0.05, 0) is 31.8 Å². The molecule has 12 heteroatoms. The Hall–Kier alpha value is -2.79. The summed E-state index contributed by atoms with van der Waals surface area (Å²) in [7, 11) is 1.87. The molecule has 1 heterocycles. The van der Waals surface area contributed by atoms with Crippen molar-refractivity contribution in [3.05, 3.63) is 57.8 Å². The molecule has 0 bridgehead atoms. The fourth-order valence-electron chi connectivity index (χ4n) is 2.08. The fraction of sp³-hybridized carbons (Fsp3) is 0.263. The standard InChI is InChI=1S/C12H12F3N3O3S.C7H8ClN/c1-3-21-11(20)9-4-17-18(10(9)12(13,14)15)7-22-6-8(5-19)16-2;1-9-7-4-2-3-6(8)5-7/h4-6H,2-3,7H2,1H3;2-5,9H,1H3/b8-6-;. The van der Waals surface area contributed by atoms with Gasteiger partial charge in [0.2, 0.25) is 0 Å². The molecule has 1 aromatic heterocycles. The Bertz CT molecular complexity index is 922. The number of nitrogens with one attached hydrogen (secondary N) is 1. The van der Waals surface area contributed by atoms with Crippen LogP contribution in [0.2, 0.25) is 5.02 Å². The zero-order valence-electron chi connectivity index (χ0n) is 16.6. The molecule has 0 radical (unpaired) electrons. The number of allylic oxidation sites excluding steroid dienone is 1. The number of hydrogen-bond donors (Lipinski definition) is 1. The van der Waals surface area contributed by atoms with Crippen LogP contribution in [0.25, 0.3) is 0 Å². The predicted octanol–water partition coefficient (Wildman–Crippen LogP) is 4.89. The maximum Gasteiger partial charge on any atom is 0.433 e. The second-order valence-corrected chi connectivity index (χ2v) is 6.76. The molecule has 0 aliphatic rings. The Labute approximate surface area is 186 Å². The van der Waals surface area contributed by atoms with E-state index in [1.165, 1.54) is 12.3 Å². The molecule has 0 spiro atoms. The number of aromatic nitrogens is 2. The van der Waals surface area contributed by atoms with Crippen molar-refractivity contribution < 1.29 is 27.5 Å². The summed E-state index contributed by atoms with van der Waals surface area (Å²) >= 11 is 6.54. The molecule has 0 atom stereocenters. The summed E-state index contributed by atoms with van der Waals surface area (Å²) in [6.07, 6.45) is -3.55. The second kappa shape index (κ2) is 12.8. The highest BCUT2D eigenvalue weighted by molar-refractivity contribution is 8.01. The highest BCUT2D eigenvalue weighted by Gasteiger charge is 2.40. The number of thioether (sulfide) groups is 1. The third-order valence-electron chi connectivity index (χ3n) is 3.42. The minimum Gasteiger partial charge on any atom is -0.462 e. The third-order valence-corrected chi connectivity index (χ3v) is 4.46. The number of rotatable bonds is 8. The molecule has 0 amide bonds. The van der Waals surface area contributed by atoms with E-state index in [0.717, 1.165) is 28.7 Å². The van der Waals surface area contributed by atoms with Crippen LogP contribution < -0.4 is 5.32 Å². The number of nitrogens with zero attached hydrogens (tertiary/aromatic N) is 3. The van der Waals surface area contributed by atoms with E-state index in [4.69, 9.17) is 11.6 Å². The zero-order valence-corrected chi connectivity index (χ0v) is 18.2. The summed E-state index contributed by atoms with van der Waals surface area (Å²) in [5, 5.41) is 8.54. The van der Waals surface area contributed by atoms with Gasteiger partial charge < -0.3 is 10.1 Å². The largest absolute Gasteiger partial charge is 0.462 e. The van der Waals surface area contributed by atoms with E-state index >= 15 is 0 Å². The van der Waals surface area contributed by atoms with Gasteiger partial charge in [-0.15, -0.1) is 11.8 Å². The number of halogens is 4. The molecule has 2 rings (SSSR count). The van der Waals surface area contributed by atoms with Gasteiger partial charge in [-0.25, -0.2) is 9.48 Å². The Kier molecular flexibility index (Phi) is 10.8. The van der Waals surface area contributed by atoms with Gasteiger partial charge in [0, 0.05) is 23.2 Å². The summed E-state index contributed by atoms with van der Waals surface area (Å²) in [6.45, 7) is 4.57. The first-order valence-corrected chi connectivity index (χ1v) is 10.1. The van der Waals surface area contributed by atoms with Crippen LogP contribution in [0.3, 0.4) is 0 Å². The fourth-order valence-corrected chi connectivity index (χ4v) is 2.98. The number of esters is 1. The van der Waals surface area contributed by atoms with Crippen LogP contribution in [0.5, 0.6) is 0 Å². The first-order chi connectivity index (χ1) is 14.7. The quantitative estimate of drug-likeness (QED) is 0.252. The molecule has 168 valence electrons. The van der Waals surface area contributed by atoms with E-state index in [9.17, 15) is 22.8 Å². The molecular weight excluding hydrogens is 457 g/mol. The molecule has 0 unspecified atom stereocenters. The first-order valence-electron chi connectivity index (χ1n) is 8.65. The van der Waals surface area contributed by atoms with Gasteiger partial charge in [-0.2, -0.15) is 18.3 Å². The van der Waals surface area contributed by atoms with E-state index in [0.29, 0.717) is 11.0 Å². The molecule has 0 aliphatic heterocycles. The Morgan fingerprint density at radius 1 is 1.45 bits per heavy atom. The summed E-state index contributed by atoms with van der Waals surface area (Å²) in [5.74, 6) is -1.36. The van der Waals surface area contributed by atoms with Crippen molar-refractivity contribution in [1.82, 2.24) is 9.78 Å². The number of alkyl halides is 3. The first kappa shape index (κ1) is 26.2. The second-order valence-electron chi connectivity index (χ2n) is 5.50. The van der Waals surface area contributed by atoms with E-state index in [-0.39, 0.29) is 18.2 Å². The van der Waals surface area contributed by atoms with E-state index < -0.39 is 23.4 Å². The highest BCUT2D eigenvalue weighted by atomic mass is 35.5. The van der Waals surface area contributed by atoms with Crippen LogP contribution in [0.4, 0.5) is 18.9 Å². The van der Waals surface area contributed by atoms with Crippen molar-refractivity contribution in [2.45, 2.75) is 19.0 Å². The Balaban J connectivity index is 0.000000442. The number of carbonyl (C=O) groups excluding carboxylic acids is 2. The van der Waals surface area contributed by atoms with Crippen LogP contribution in [0.15, 0.2) is 46.6 Å². The van der Waals surface area contributed by atoms with Gasteiger partial charge in [0.25, 0.3) is 0 Å². The summed E-state index contributed by atoms with van der Waals surface area (Å²) < 4.78 is 44.4. The lowest BCUT2D eigenvalue weighted by atomic mass is 10.2. The van der Waals surface area contributed by atoms with Crippen molar-refractivity contribution >= 4 is 48.0 Å². The van der Waals surface area contributed by atoms with Gasteiger partial charge in [0.1, 0.15) is 11.3 Å². The zero-order chi connectivity index (χ0) is 23.4. The van der Waals surface area contributed by atoms with Crippen molar-refractivity contribution in [2.24, 2.45) is 4.99 Å². The van der Waals surface area contributed by atoms with Gasteiger partial charge in [-0.1, -0.05) is 17.7 Å². The van der Waals surface area contributed by atoms with E-state index in [1.54, 1.807) is 0 Å². The van der Waals surface area contributed by atoms with Crippen LogP contribution in [0.1, 0.15) is 23.0 Å². The number of ether oxygens (including phenoxy) is 1. The SMILES string of the molecule is C=N/C(C=O)=C\SCn1ncc(C(=O)OCC)c1C(F)(F)F.CNc1cccc(Cl)c1.